The molecule has 224 valence electrons. The third kappa shape index (κ3) is 7.12. The third-order valence-corrected chi connectivity index (χ3v) is 7.14. The standard InChI is InChI=1S/C29H31F4N5O4/c1-16(2)38(27(39)19-6-4-17(3)5-7-19)24-10-23(30)25(9-21(24)28(40)41)42-26-22(29(31,32)33)8-18(12-37-26)11-36-20-13-34-15-35-14-20/h8-10,12-17,19,36H,4-7,11H2,1-3H3,(H,40,41). The van der Waals surface area contributed by atoms with Crippen molar-refractivity contribution in [1.29, 1.82) is 0 Å². The molecule has 2 N–H and O–H groups in total. The zero-order chi connectivity index (χ0) is 30.6. The van der Waals surface area contributed by atoms with Crippen molar-refractivity contribution in [2.45, 2.75) is 65.2 Å². The number of carbonyl (C=O) groups is 2. The van der Waals surface area contributed by atoms with Crippen LogP contribution in [0.1, 0.15) is 67.9 Å². The molecule has 0 unspecified atom stereocenters. The summed E-state index contributed by atoms with van der Waals surface area (Å²) in [5.41, 5.74) is -1.35. The van der Waals surface area contributed by atoms with Crippen molar-refractivity contribution >= 4 is 23.3 Å². The van der Waals surface area contributed by atoms with Crippen molar-refractivity contribution in [2.24, 2.45) is 11.8 Å². The lowest BCUT2D eigenvalue weighted by molar-refractivity contribution is -0.139. The van der Waals surface area contributed by atoms with E-state index in [2.05, 4.69) is 27.2 Å². The Morgan fingerprint density at radius 1 is 1.10 bits per heavy atom. The van der Waals surface area contributed by atoms with Crippen LogP contribution in [-0.2, 0) is 17.5 Å². The van der Waals surface area contributed by atoms with E-state index in [1.807, 2.05) is 0 Å². The van der Waals surface area contributed by atoms with Gasteiger partial charge in [-0.3, -0.25) is 4.79 Å². The van der Waals surface area contributed by atoms with E-state index >= 15 is 4.39 Å². The van der Waals surface area contributed by atoms with Crippen LogP contribution in [0.15, 0.2) is 43.1 Å². The van der Waals surface area contributed by atoms with Crippen LogP contribution in [0.5, 0.6) is 11.6 Å². The Hall–Kier alpha value is -4.29. The van der Waals surface area contributed by atoms with Crippen LogP contribution >= 0.6 is 0 Å². The monoisotopic (exact) mass is 589 g/mol. The Balaban J connectivity index is 1.66. The summed E-state index contributed by atoms with van der Waals surface area (Å²) in [6.07, 6.45) is 3.35. The number of halogens is 4. The molecule has 1 amide bonds. The van der Waals surface area contributed by atoms with Crippen LogP contribution in [0.3, 0.4) is 0 Å². The topological polar surface area (TPSA) is 118 Å². The first-order chi connectivity index (χ1) is 19.8. The lowest BCUT2D eigenvalue weighted by atomic mass is 9.82. The molecule has 3 aromatic rings. The van der Waals surface area contributed by atoms with E-state index in [9.17, 15) is 27.9 Å². The summed E-state index contributed by atoms with van der Waals surface area (Å²) >= 11 is 0. The normalized spacial score (nSPS) is 17.1. The second-order valence-corrected chi connectivity index (χ2v) is 10.6. The van der Waals surface area contributed by atoms with Crippen molar-refractivity contribution in [3.05, 3.63) is 65.6 Å². The van der Waals surface area contributed by atoms with Gasteiger partial charge in [-0.05, 0) is 57.1 Å². The molecule has 2 heterocycles. The lowest BCUT2D eigenvalue weighted by Gasteiger charge is -2.34. The lowest BCUT2D eigenvalue weighted by Crippen LogP contribution is -2.43. The van der Waals surface area contributed by atoms with Gasteiger partial charge in [0, 0.05) is 36.8 Å². The number of aromatic nitrogens is 3. The van der Waals surface area contributed by atoms with Gasteiger partial charge in [-0.25, -0.2) is 24.1 Å². The quantitative estimate of drug-likeness (QED) is 0.265. The number of hydrogen-bond acceptors (Lipinski definition) is 7. The molecule has 1 fully saturated rings. The number of anilines is 2. The smallest absolute Gasteiger partial charge is 0.421 e. The molecular weight excluding hydrogens is 558 g/mol. The van der Waals surface area contributed by atoms with Gasteiger partial charge in [-0.2, -0.15) is 13.2 Å². The maximum absolute atomic E-state index is 15.4. The van der Waals surface area contributed by atoms with E-state index < -0.39 is 46.8 Å². The van der Waals surface area contributed by atoms with Crippen LogP contribution in [0, 0.1) is 17.7 Å². The molecule has 42 heavy (non-hydrogen) atoms. The Labute approximate surface area is 240 Å². The molecule has 0 saturated heterocycles. The van der Waals surface area contributed by atoms with Gasteiger partial charge in [0.2, 0.25) is 11.8 Å². The number of alkyl halides is 3. The SMILES string of the molecule is CC1CCC(C(=O)N(c2cc(F)c(Oc3ncc(CNc4cncnc4)cc3C(F)(F)F)cc2C(=O)O)C(C)C)CC1. The summed E-state index contributed by atoms with van der Waals surface area (Å²) in [4.78, 5) is 38.3. The highest BCUT2D eigenvalue weighted by Crippen LogP contribution is 2.40. The van der Waals surface area contributed by atoms with Gasteiger partial charge < -0.3 is 20.1 Å². The first-order valence-electron chi connectivity index (χ1n) is 13.5. The van der Waals surface area contributed by atoms with E-state index in [4.69, 9.17) is 4.74 Å². The Morgan fingerprint density at radius 2 is 1.76 bits per heavy atom. The van der Waals surface area contributed by atoms with Crippen LogP contribution in [0.25, 0.3) is 0 Å². The minimum atomic E-state index is -4.92. The average molecular weight is 590 g/mol. The molecule has 1 saturated carbocycles. The highest BCUT2D eigenvalue weighted by molar-refractivity contribution is 6.03. The fourth-order valence-electron chi connectivity index (χ4n) is 4.92. The van der Waals surface area contributed by atoms with Gasteiger partial charge in [0.05, 0.1) is 29.3 Å². The number of amides is 1. The first kappa shape index (κ1) is 30.7. The largest absolute Gasteiger partial charge is 0.478 e. The number of ether oxygens (including phenoxy) is 1. The van der Waals surface area contributed by atoms with E-state index in [0.29, 0.717) is 24.4 Å². The maximum atomic E-state index is 15.4. The Morgan fingerprint density at radius 3 is 2.36 bits per heavy atom. The Kier molecular flexibility index (Phi) is 9.27. The molecule has 4 rings (SSSR count). The number of nitrogens with zero attached hydrogens (tertiary/aromatic N) is 4. The predicted molar refractivity (Wildman–Crippen MR) is 146 cm³/mol. The summed E-state index contributed by atoms with van der Waals surface area (Å²) in [5.74, 6) is -4.56. The number of rotatable bonds is 9. The fraction of sp³-hybridized carbons (Fsp3) is 0.414. The molecule has 0 radical (unpaired) electrons. The summed E-state index contributed by atoms with van der Waals surface area (Å²) < 4.78 is 62.5. The van der Waals surface area contributed by atoms with E-state index in [1.165, 1.54) is 23.6 Å². The number of aromatic carboxylic acids is 1. The molecule has 0 aliphatic heterocycles. The van der Waals surface area contributed by atoms with Gasteiger partial charge in [-0.1, -0.05) is 6.92 Å². The van der Waals surface area contributed by atoms with E-state index in [-0.39, 0.29) is 29.6 Å². The number of carboxylic acids is 1. The van der Waals surface area contributed by atoms with E-state index in [0.717, 1.165) is 37.2 Å². The number of hydrogen-bond donors (Lipinski definition) is 2. The highest BCUT2D eigenvalue weighted by atomic mass is 19.4. The first-order valence-corrected chi connectivity index (χ1v) is 13.5. The minimum absolute atomic E-state index is 0.0467. The second kappa shape index (κ2) is 12.7. The number of pyridine rings is 1. The summed E-state index contributed by atoms with van der Waals surface area (Å²) in [5, 5.41) is 12.8. The predicted octanol–water partition coefficient (Wildman–Crippen LogP) is 6.70. The second-order valence-electron chi connectivity index (χ2n) is 10.6. The molecule has 1 aromatic carbocycles. The van der Waals surface area contributed by atoms with Gasteiger partial charge in [-0.15, -0.1) is 0 Å². The van der Waals surface area contributed by atoms with Gasteiger partial charge in [0.15, 0.2) is 11.6 Å². The summed E-state index contributed by atoms with van der Waals surface area (Å²) in [7, 11) is 0. The molecule has 0 spiro atoms. The molecule has 1 aliphatic carbocycles. The van der Waals surface area contributed by atoms with Gasteiger partial charge >= 0.3 is 12.1 Å². The van der Waals surface area contributed by atoms with Crippen LogP contribution in [0.4, 0.5) is 28.9 Å². The minimum Gasteiger partial charge on any atom is -0.478 e. The molecule has 0 bridgehead atoms. The molecule has 1 aliphatic rings. The average Bonchev–Trinajstić information content (AvgIpc) is 2.93. The highest BCUT2D eigenvalue weighted by Gasteiger charge is 2.37. The Bertz CT molecular complexity index is 1430. The van der Waals surface area contributed by atoms with Crippen molar-refractivity contribution in [3.63, 3.8) is 0 Å². The summed E-state index contributed by atoms with van der Waals surface area (Å²) in [6, 6.07) is 1.89. The molecule has 9 nitrogen and oxygen atoms in total. The molecule has 0 atom stereocenters. The number of carbonyl (C=O) groups excluding carboxylic acids is 1. The molecular formula is C29H31F4N5O4. The van der Waals surface area contributed by atoms with Crippen LogP contribution in [-0.4, -0.2) is 38.0 Å². The number of carboxylic acid groups (broad SMARTS) is 1. The third-order valence-electron chi connectivity index (χ3n) is 7.14. The van der Waals surface area contributed by atoms with E-state index in [1.54, 1.807) is 13.8 Å². The van der Waals surface area contributed by atoms with Gasteiger partial charge in [0.25, 0.3) is 0 Å². The van der Waals surface area contributed by atoms with Crippen molar-refractivity contribution in [3.8, 4) is 11.6 Å². The summed E-state index contributed by atoms with van der Waals surface area (Å²) in [6.45, 7) is 5.41. The molecule has 13 heteroatoms. The van der Waals surface area contributed by atoms with Crippen molar-refractivity contribution < 1.29 is 37.0 Å². The van der Waals surface area contributed by atoms with Crippen LogP contribution < -0.4 is 15.0 Å². The van der Waals surface area contributed by atoms with Crippen molar-refractivity contribution in [2.75, 3.05) is 10.2 Å². The number of benzene rings is 1. The zero-order valence-electron chi connectivity index (χ0n) is 23.3. The molecule has 2 aromatic heterocycles. The zero-order valence-corrected chi connectivity index (χ0v) is 23.3. The van der Waals surface area contributed by atoms with Gasteiger partial charge in [0.1, 0.15) is 11.9 Å². The maximum Gasteiger partial charge on any atom is 0.421 e. The number of nitrogens with one attached hydrogen (secondary N) is 1. The van der Waals surface area contributed by atoms with Crippen LogP contribution in [0.2, 0.25) is 0 Å². The fourth-order valence-corrected chi connectivity index (χ4v) is 4.92. The van der Waals surface area contributed by atoms with Crippen molar-refractivity contribution in [1.82, 2.24) is 15.0 Å².